The van der Waals surface area contributed by atoms with Gasteiger partial charge in [-0.05, 0) is 12.5 Å². The average molecular weight is 525 g/mol. The van der Waals surface area contributed by atoms with Crippen molar-refractivity contribution in [3.8, 4) is 5.95 Å². The summed E-state index contributed by atoms with van der Waals surface area (Å²) in [5.74, 6) is -0.560. The summed E-state index contributed by atoms with van der Waals surface area (Å²) in [5.41, 5.74) is 0. The van der Waals surface area contributed by atoms with Crippen molar-refractivity contribution in [2.75, 3.05) is 32.8 Å². The predicted molar refractivity (Wildman–Crippen MR) is 138 cm³/mol. The third kappa shape index (κ3) is 12.3. The van der Waals surface area contributed by atoms with E-state index in [2.05, 4.69) is 6.92 Å². The van der Waals surface area contributed by atoms with E-state index in [9.17, 15) is 14.4 Å². The molecule has 1 N–H and O–H groups in total. The van der Waals surface area contributed by atoms with Gasteiger partial charge in [0, 0.05) is 39.2 Å². The number of carbonyl (C=O) groups excluding carboxylic acids is 2. The molecule has 0 aliphatic carbocycles. The number of ether oxygens (including phenoxy) is 3. The molecule has 37 heavy (non-hydrogen) atoms. The molecule has 2 heterocycles. The second kappa shape index (κ2) is 17.5. The lowest BCUT2D eigenvalue weighted by Gasteiger charge is -2.32. The molecule has 2 amide bonds. The van der Waals surface area contributed by atoms with Gasteiger partial charge >= 0.3 is 18.2 Å². The molecule has 1 aliphatic rings. The molecular formula is C27H44N2O8. The van der Waals surface area contributed by atoms with Gasteiger partial charge in [-0.25, -0.2) is 14.4 Å². The third-order valence-corrected chi connectivity index (χ3v) is 6.37. The number of amides is 2. The molecule has 1 aliphatic heterocycles. The highest BCUT2D eigenvalue weighted by Crippen LogP contribution is 2.19. The Morgan fingerprint density at radius 2 is 1.38 bits per heavy atom. The number of furan rings is 1. The lowest BCUT2D eigenvalue weighted by atomic mass is 10.1. The van der Waals surface area contributed by atoms with E-state index in [0.717, 1.165) is 12.8 Å². The number of hydrogen-bond acceptors (Lipinski definition) is 7. The Morgan fingerprint density at radius 3 is 1.95 bits per heavy atom. The van der Waals surface area contributed by atoms with Gasteiger partial charge in [0.05, 0.1) is 6.61 Å². The molecule has 1 atom stereocenters. The summed E-state index contributed by atoms with van der Waals surface area (Å²) in [4.78, 5) is 38.0. The summed E-state index contributed by atoms with van der Waals surface area (Å²) < 4.78 is 21.3. The summed E-state index contributed by atoms with van der Waals surface area (Å²) in [5, 5.41) is 8.97. The summed E-state index contributed by atoms with van der Waals surface area (Å²) in [6.07, 6.45) is 12.4. The minimum atomic E-state index is -1.13. The lowest BCUT2D eigenvalue weighted by Crippen LogP contribution is -2.50. The molecule has 1 saturated heterocycles. The zero-order valence-corrected chi connectivity index (χ0v) is 22.5. The third-order valence-electron chi connectivity index (χ3n) is 6.37. The molecule has 0 radical (unpaired) electrons. The van der Waals surface area contributed by atoms with E-state index < -0.39 is 24.4 Å². The second-order valence-electron chi connectivity index (χ2n) is 9.47. The lowest BCUT2D eigenvalue weighted by molar-refractivity contribution is -0.0729. The van der Waals surface area contributed by atoms with Crippen LogP contribution in [0.1, 0.15) is 101 Å². The smallest absolute Gasteiger partial charge is 0.412 e. The normalized spacial score (nSPS) is 14.3. The van der Waals surface area contributed by atoms with Crippen molar-refractivity contribution in [3.05, 3.63) is 17.9 Å². The fourth-order valence-electron chi connectivity index (χ4n) is 4.15. The van der Waals surface area contributed by atoms with Crippen LogP contribution < -0.4 is 4.74 Å². The number of hydrogen-bond donors (Lipinski definition) is 1. The Kier molecular flexibility index (Phi) is 14.4. The maximum absolute atomic E-state index is 12.3. The predicted octanol–water partition coefficient (Wildman–Crippen LogP) is 6.29. The number of nitrogens with zero attached hydrogens (tertiary/aromatic N) is 2. The highest BCUT2D eigenvalue weighted by molar-refractivity contribution is 5.86. The molecule has 10 nitrogen and oxygen atoms in total. The molecule has 0 aromatic carbocycles. The number of piperazine rings is 1. The van der Waals surface area contributed by atoms with Gasteiger partial charge in [-0.1, -0.05) is 77.6 Å². The molecule has 10 heteroatoms. The number of rotatable bonds is 17. The maximum Gasteiger partial charge on any atom is 0.412 e. The molecule has 2 rings (SSSR count). The number of unbranched alkanes of at least 4 members (excludes halogenated alkanes) is 11. The van der Waals surface area contributed by atoms with E-state index in [1.807, 2.05) is 0 Å². The van der Waals surface area contributed by atoms with Crippen molar-refractivity contribution in [2.24, 2.45) is 0 Å². The van der Waals surface area contributed by atoms with Gasteiger partial charge in [0.1, 0.15) is 0 Å². The van der Waals surface area contributed by atoms with Crippen LogP contribution in [0.15, 0.2) is 16.5 Å². The molecule has 1 aromatic rings. The molecular weight excluding hydrogens is 480 g/mol. The van der Waals surface area contributed by atoms with E-state index in [0.29, 0.717) is 6.61 Å². The fourth-order valence-corrected chi connectivity index (χ4v) is 4.15. The van der Waals surface area contributed by atoms with Gasteiger partial charge in [-0.3, -0.25) is 0 Å². The van der Waals surface area contributed by atoms with Crippen LogP contribution in [0.4, 0.5) is 9.59 Å². The van der Waals surface area contributed by atoms with Crippen molar-refractivity contribution < 1.29 is 38.1 Å². The van der Waals surface area contributed by atoms with Gasteiger partial charge in [-0.15, -0.1) is 0 Å². The zero-order valence-electron chi connectivity index (χ0n) is 22.5. The van der Waals surface area contributed by atoms with Crippen LogP contribution in [-0.2, 0) is 9.47 Å². The van der Waals surface area contributed by atoms with Crippen LogP contribution in [0.2, 0.25) is 0 Å². The Labute approximate surface area is 220 Å². The van der Waals surface area contributed by atoms with Gasteiger partial charge in [0.2, 0.25) is 12.1 Å². The first-order valence-corrected chi connectivity index (χ1v) is 13.8. The first-order chi connectivity index (χ1) is 17.9. The van der Waals surface area contributed by atoms with E-state index >= 15 is 0 Å². The fraction of sp³-hybridized carbons (Fsp3) is 0.741. The molecule has 1 unspecified atom stereocenters. The first-order valence-electron chi connectivity index (χ1n) is 13.8. The molecule has 0 saturated carbocycles. The average Bonchev–Trinajstić information content (AvgIpc) is 3.36. The summed E-state index contributed by atoms with van der Waals surface area (Å²) in [6, 6.07) is 3.02. The van der Waals surface area contributed by atoms with Crippen molar-refractivity contribution in [1.82, 2.24) is 9.80 Å². The summed E-state index contributed by atoms with van der Waals surface area (Å²) >= 11 is 0. The van der Waals surface area contributed by atoms with Crippen LogP contribution >= 0.6 is 0 Å². The highest BCUT2D eigenvalue weighted by atomic mass is 16.7. The summed E-state index contributed by atoms with van der Waals surface area (Å²) in [7, 11) is 0. The number of carbonyl (C=O) groups is 3. The van der Waals surface area contributed by atoms with Crippen LogP contribution in [-0.4, -0.2) is 72.1 Å². The number of carboxylic acid groups (broad SMARTS) is 1. The monoisotopic (exact) mass is 524 g/mol. The van der Waals surface area contributed by atoms with Gasteiger partial charge in [0.15, 0.2) is 0 Å². The van der Waals surface area contributed by atoms with Gasteiger partial charge in [0.25, 0.3) is 5.95 Å². The SMILES string of the molecule is CCCCCCCCCCCCCCOc1ccc(C(=O)OC(C)OC(=O)N2CCN(C(=O)O)CC2)o1. The zero-order chi connectivity index (χ0) is 26.9. The van der Waals surface area contributed by atoms with Crippen LogP contribution in [0, 0.1) is 0 Å². The van der Waals surface area contributed by atoms with Crippen molar-refractivity contribution in [3.63, 3.8) is 0 Å². The standard InChI is InChI=1S/C27H44N2O8/c1-3-4-5-6-7-8-9-10-11-12-13-14-21-34-24-16-15-23(37-24)25(30)35-22(2)36-27(33)29-19-17-28(18-20-29)26(31)32/h15-16,22H,3-14,17-21H2,1-2H3,(H,31,32). The van der Waals surface area contributed by atoms with E-state index in [1.165, 1.54) is 87.0 Å². The van der Waals surface area contributed by atoms with Gasteiger partial charge in [-0.2, -0.15) is 0 Å². The van der Waals surface area contributed by atoms with Crippen LogP contribution in [0.5, 0.6) is 5.95 Å². The second-order valence-corrected chi connectivity index (χ2v) is 9.47. The Morgan fingerprint density at radius 1 is 0.838 bits per heavy atom. The topological polar surface area (TPSA) is 119 Å². The molecule has 210 valence electrons. The Bertz CT molecular complexity index is 804. The number of esters is 1. The van der Waals surface area contributed by atoms with E-state index in [-0.39, 0.29) is 37.9 Å². The van der Waals surface area contributed by atoms with Crippen molar-refractivity contribution >= 4 is 18.2 Å². The largest absolute Gasteiger partial charge is 0.465 e. The molecule has 0 spiro atoms. The van der Waals surface area contributed by atoms with Gasteiger partial charge < -0.3 is 33.5 Å². The summed E-state index contributed by atoms with van der Waals surface area (Å²) in [6.45, 7) is 5.02. The first kappa shape index (κ1) is 30.3. The quantitative estimate of drug-likeness (QED) is 0.143. The molecule has 1 aromatic heterocycles. The van der Waals surface area contributed by atoms with Crippen molar-refractivity contribution in [1.29, 1.82) is 0 Å². The van der Waals surface area contributed by atoms with E-state index in [1.54, 1.807) is 6.07 Å². The van der Waals surface area contributed by atoms with Crippen molar-refractivity contribution in [2.45, 2.75) is 97.2 Å². The Hall–Kier alpha value is -2.91. The minimum Gasteiger partial charge on any atom is -0.465 e. The maximum atomic E-state index is 12.3. The van der Waals surface area contributed by atoms with E-state index in [4.69, 9.17) is 23.7 Å². The van der Waals surface area contributed by atoms with Crippen LogP contribution in [0.25, 0.3) is 0 Å². The molecule has 0 bridgehead atoms. The Balaban J connectivity index is 1.52. The minimum absolute atomic E-state index is 0.0392. The molecule has 1 fully saturated rings. The highest BCUT2D eigenvalue weighted by Gasteiger charge is 2.27. The van der Waals surface area contributed by atoms with Crippen LogP contribution in [0.3, 0.4) is 0 Å².